The Morgan fingerprint density at radius 3 is 2.64 bits per heavy atom. The standard InChI is InChI=1S/C21H23NO3/c1-15-12-16(10-11-19(15)17-6-3-2-4-7-17)14-25-20(23)9-5-8-18-13-22-21(18)24/h2-4,6-7,10-12,18H,5,8-9,13-14H2,1H3,(H,22,24). The third-order valence-electron chi connectivity index (χ3n) is 4.60. The molecule has 1 saturated heterocycles. The van der Waals surface area contributed by atoms with Gasteiger partial charge in [0.2, 0.25) is 5.91 Å². The van der Waals surface area contributed by atoms with Crippen molar-refractivity contribution in [2.45, 2.75) is 32.8 Å². The normalized spacial score (nSPS) is 16.0. The summed E-state index contributed by atoms with van der Waals surface area (Å²) in [6.07, 6.45) is 1.82. The summed E-state index contributed by atoms with van der Waals surface area (Å²) >= 11 is 0. The molecule has 0 aromatic heterocycles. The van der Waals surface area contributed by atoms with Crippen LogP contribution in [0.25, 0.3) is 11.1 Å². The van der Waals surface area contributed by atoms with E-state index >= 15 is 0 Å². The van der Waals surface area contributed by atoms with Crippen molar-refractivity contribution in [1.82, 2.24) is 5.32 Å². The van der Waals surface area contributed by atoms with Crippen LogP contribution in [0.1, 0.15) is 30.4 Å². The van der Waals surface area contributed by atoms with Gasteiger partial charge in [-0.25, -0.2) is 0 Å². The van der Waals surface area contributed by atoms with Gasteiger partial charge in [0.1, 0.15) is 6.61 Å². The monoisotopic (exact) mass is 337 g/mol. The number of benzene rings is 2. The van der Waals surface area contributed by atoms with Gasteiger partial charge in [-0.15, -0.1) is 0 Å². The van der Waals surface area contributed by atoms with E-state index in [2.05, 4.69) is 36.5 Å². The summed E-state index contributed by atoms with van der Waals surface area (Å²) in [6.45, 7) is 3.09. The second-order valence-electron chi connectivity index (χ2n) is 6.51. The number of hydrogen-bond acceptors (Lipinski definition) is 3. The molecule has 4 nitrogen and oxygen atoms in total. The first-order valence-corrected chi connectivity index (χ1v) is 8.72. The number of β-lactam (4-membered cyclic amide) rings is 1. The van der Waals surface area contributed by atoms with Gasteiger partial charge in [0.05, 0.1) is 5.92 Å². The van der Waals surface area contributed by atoms with E-state index in [0.29, 0.717) is 19.4 Å². The van der Waals surface area contributed by atoms with Crippen molar-refractivity contribution in [2.75, 3.05) is 6.54 Å². The third kappa shape index (κ3) is 4.47. The van der Waals surface area contributed by atoms with Crippen LogP contribution < -0.4 is 5.32 Å². The fourth-order valence-electron chi connectivity index (χ4n) is 3.05. The Morgan fingerprint density at radius 1 is 1.20 bits per heavy atom. The van der Waals surface area contributed by atoms with Crippen LogP contribution in [0.3, 0.4) is 0 Å². The number of aryl methyl sites for hydroxylation is 1. The minimum Gasteiger partial charge on any atom is -0.461 e. The maximum Gasteiger partial charge on any atom is 0.306 e. The summed E-state index contributed by atoms with van der Waals surface area (Å²) < 4.78 is 5.35. The Kier molecular flexibility index (Phi) is 5.49. The number of nitrogens with one attached hydrogen (secondary N) is 1. The topological polar surface area (TPSA) is 55.4 Å². The average Bonchev–Trinajstić information content (AvgIpc) is 2.63. The highest BCUT2D eigenvalue weighted by Gasteiger charge is 2.26. The third-order valence-corrected chi connectivity index (χ3v) is 4.60. The molecule has 130 valence electrons. The molecule has 0 spiro atoms. The second kappa shape index (κ2) is 7.97. The van der Waals surface area contributed by atoms with Crippen molar-refractivity contribution < 1.29 is 14.3 Å². The minimum atomic E-state index is -0.204. The number of ether oxygens (including phenoxy) is 1. The summed E-state index contributed by atoms with van der Waals surface area (Å²) in [7, 11) is 0. The minimum absolute atomic E-state index is 0.0842. The Balaban J connectivity index is 1.47. The van der Waals surface area contributed by atoms with Gasteiger partial charge in [-0.05, 0) is 42.0 Å². The van der Waals surface area contributed by atoms with Crippen molar-refractivity contribution in [3.63, 3.8) is 0 Å². The summed E-state index contributed by atoms with van der Waals surface area (Å²) in [4.78, 5) is 23.0. The van der Waals surface area contributed by atoms with E-state index in [9.17, 15) is 9.59 Å². The maximum absolute atomic E-state index is 11.8. The molecule has 0 saturated carbocycles. The predicted molar refractivity (Wildman–Crippen MR) is 96.8 cm³/mol. The molecular formula is C21H23NO3. The summed E-state index contributed by atoms with van der Waals surface area (Å²) in [5.41, 5.74) is 4.53. The van der Waals surface area contributed by atoms with Gasteiger partial charge in [-0.1, -0.05) is 48.5 Å². The van der Waals surface area contributed by atoms with Gasteiger partial charge in [-0.2, -0.15) is 0 Å². The molecule has 0 bridgehead atoms. The molecular weight excluding hydrogens is 314 g/mol. The molecule has 1 aliphatic heterocycles. The molecule has 2 aromatic carbocycles. The molecule has 0 aliphatic carbocycles. The van der Waals surface area contributed by atoms with Crippen molar-refractivity contribution in [2.24, 2.45) is 5.92 Å². The Bertz CT molecular complexity index is 755. The summed E-state index contributed by atoms with van der Waals surface area (Å²) in [6, 6.07) is 16.4. The summed E-state index contributed by atoms with van der Waals surface area (Å²) in [5.74, 6) is -0.0205. The lowest BCUT2D eigenvalue weighted by atomic mass is 9.95. The second-order valence-corrected chi connectivity index (χ2v) is 6.51. The molecule has 1 aliphatic rings. The molecule has 1 amide bonds. The molecule has 1 fully saturated rings. The molecule has 1 heterocycles. The number of carbonyl (C=O) groups excluding carboxylic acids is 2. The smallest absolute Gasteiger partial charge is 0.306 e. The highest BCUT2D eigenvalue weighted by atomic mass is 16.5. The Morgan fingerprint density at radius 2 is 2.00 bits per heavy atom. The van der Waals surface area contributed by atoms with Crippen molar-refractivity contribution in [3.05, 3.63) is 59.7 Å². The molecule has 0 radical (unpaired) electrons. The van der Waals surface area contributed by atoms with E-state index < -0.39 is 0 Å². The van der Waals surface area contributed by atoms with E-state index in [4.69, 9.17) is 4.74 Å². The average molecular weight is 337 g/mol. The first kappa shape index (κ1) is 17.2. The number of carbonyl (C=O) groups is 2. The first-order chi connectivity index (χ1) is 12.1. The van der Waals surface area contributed by atoms with Crippen molar-refractivity contribution in [1.29, 1.82) is 0 Å². The molecule has 4 heteroatoms. The number of amides is 1. The highest BCUT2D eigenvalue weighted by Crippen LogP contribution is 2.24. The Labute approximate surface area is 148 Å². The predicted octanol–water partition coefficient (Wildman–Crippen LogP) is 3.62. The van der Waals surface area contributed by atoms with Crippen LogP contribution in [0.2, 0.25) is 0 Å². The van der Waals surface area contributed by atoms with Crippen LogP contribution in [0.5, 0.6) is 0 Å². The van der Waals surface area contributed by atoms with E-state index in [1.807, 2.05) is 24.3 Å². The van der Waals surface area contributed by atoms with Crippen LogP contribution >= 0.6 is 0 Å². The highest BCUT2D eigenvalue weighted by molar-refractivity contribution is 5.84. The lowest BCUT2D eigenvalue weighted by molar-refractivity contribution is -0.145. The molecule has 25 heavy (non-hydrogen) atoms. The van der Waals surface area contributed by atoms with Gasteiger partial charge < -0.3 is 10.1 Å². The molecule has 3 rings (SSSR count). The molecule has 2 aromatic rings. The molecule has 1 N–H and O–H groups in total. The quantitative estimate of drug-likeness (QED) is 0.620. The largest absolute Gasteiger partial charge is 0.461 e. The first-order valence-electron chi connectivity index (χ1n) is 8.72. The van der Waals surface area contributed by atoms with Gasteiger partial charge in [-0.3, -0.25) is 9.59 Å². The van der Waals surface area contributed by atoms with Crippen LogP contribution in [-0.4, -0.2) is 18.4 Å². The van der Waals surface area contributed by atoms with E-state index in [0.717, 1.165) is 24.1 Å². The fraction of sp³-hybridized carbons (Fsp3) is 0.333. The van der Waals surface area contributed by atoms with Gasteiger partial charge in [0, 0.05) is 13.0 Å². The molecule has 1 atom stereocenters. The van der Waals surface area contributed by atoms with Gasteiger partial charge >= 0.3 is 5.97 Å². The Hall–Kier alpha value is -2.62. The number of rotatable bonds is 7. The van der Waals surface area contributed by atoms with Crippen LogP contribution in [0, 0.1) is 12.8 Å². The van der Waals surface area contributed by atoms with Gasteiger partial charge in [0.15, 0.2) is 0 Å². The lowest BCUT2D eigenvalue weighted by Crippen LogP contribution is -2.48. The number of esters is 1. The fourth-order valence-corrected chi connectivity index (χ4v) is 3.05. The van der Waals surface area contributed by atoms with E-state index in [1.165, 1.54) is 11.1 Å². The van der Waals surface area contributed by atoms with Gasteiger partial charge in [0.25, 0.3) is 0 Å². The SMILES string of the molecule is Cc1cc(COC(=O)CCCC2CNC2=O)ccc1-c1ccccc1. The number of hydrogen-bond donors (Lipinski definition) is 1. The van der Waals surface area contributed by atoms with Crippen LogP contribution in [-0.2, 0) is 20.9 Å². The zero-order valence-corrected chi connectivity index (χ0v) is 14.5. The molecule has 1 unspecified atom stereocenters. The zero-order chi connectivity index (χ0) is 17.6. The van der Waals surface area contributed by atoms with Crippen LogP contribution in [0.15, 0.2) is 48.5 Å². The van der Waals surface area contributed by atoms with Crippen molar-refractivity contribution in [3.8, 4) is 11.1 Å². The zero-order valence-electron chi connectivity index (χ0n) is 14.5. The van der Waals surface area contributed by atoms with Crippen LogP contribution in [0.4, 0.5) is 0 Å². The van der Waals surface area contributed by atoms with Crippen molar-refractivity contribution >= 4 is 11.9 Å². The van der Waals surface area contributed by atoms with E-state index in [-0.39, 0.29) is 17.8 Å². The summed E-state index contributed by atoms with van der Waals surface area (Å²) in [5, 5.41) is 2.71. The lowest BCUT2D eigenvalue weighted by Gasteiger charge is -2.25. The van der Waals surface area contributed by atoms with E-state index in [1.54, 1.807) is 0 Å². The maximum atomic E-state index is 11.8.